The number of aliphatic hydroxyl groups excluding tert-OH is 1. The molecule has 1 saturated heterocycles. The summed E-state index contributed by atoms with van der Waals surface area (Å²) in [7, 11) is 0. The Morgan fingerprint density at radius 2 is 2.33 bits per heavy atom. The Hall–Kier alpha value is 0.240. The van der Waals surface area contributed by atoms with E-state index in [4.69, 9.17) is 5.11 Å². The molecule has 0 aromatic carbocycles. The van der Waals surface area contributed by atoms with Crippen LogP contribution >= 0.6 is 11.8 Å². The first-order valence-electron chi connectivity index (χ1n) is 4.56. The van der Waals surface area contributed by atoms with Crippen molar-refractivity contribution in [1.29, 1.82) is 0 Å². The van der Waals surface area contributed by atoms with Gasteiger partial charge in [-0.15, -0.1) is 0 Å². The molecule has 0 bridgehead atoms. The number of alkyl halides is 1. The van der Waals surface area contributed by atoms with E-state index in [1.165, 1.54) is 0 Å². The lowest BCUT2D eigenvalue weighted by molar-refractivity contribution is 0.154. The highest BCUT2D eigenvalue weighted by Gasteiger charge is 2.25. The summed E-state index contributed by atoms with van der Waals surface area (Å²) in [6.45, 7) is 1.84. The Labute approximate surface area is 77.7 Å². The smallest absolute Gasteiger partial charge is 0.0976 e. The number of aliphatic hydroxyl groups is 1. The van der Waals surface area contributed by atoms with E-state index in [1.807, 2.05) is 11.8 Å². The van der Waals surface area contributed by atoms with Crippen LogP contribution in [-0.2, 0) is 0 Å². The molecular weight excluding hydrogens is 175 g/mol. The van der Waals surface area contributed by atoms with Crippen LogP contribution in [0.3, 0.4) is 0 Å². The molecule has 3 unspecified atom stereocenters. The van der Waals surface area contributed by atoms with Gasteiger partial charge in [0.15, 0.2) is 0 Å². The molecule has 3 heteroatoms. The third-order valence-electron chi connectivity index (χ3n) is 2.49. The maximum atomic E-state index is 12.7. The third-order valence-corrected chi connectivity index (χ3v) is 3.68. The monoisotopic (exact) mass is 192 g/mol. The molecule has 0 spiro atoms. The Morgan fingerprint density at radius 3 is 2.92 bits per heavy atom. The minimum Gasteiger partial charge on any atom is -0.396 e. The van der Waals surface area contributed by atoms with Gasteiger partial charge in [-0.05, 0) is 43.1 Å². The van der Waals surface area contributed by atoms with Crippen LogP contribution in [0.2, 0.25) is 0 Å². The van der Waals surface area contributed by atoms with Crippen molar-refractivity contribution in [3.63, 3.8) is 0 Å². The van der Waals surface area contributed by atoms with E-state index in [2.05, 4.69) is 0 Å². The van der Waals surface area contributed by atoms with E-state index in [0.29, 0.717) is 18.3 Å². The molecule has 3 atom stereocenters. The summed E-state index contributed by atoms with van der Waals surface area (Å²) in [6.07, 6.45) is 0.958. The predicted octanol–water partition coefficient (Wildman–Crippen LogP) is 2.10. The SMILES string of the molecule is CC(F)CC1CSCCC1CO. The molecule has 1 aliphatic heterocycles. The molecule has 0 aromatic rings. The maximum Gasteiger partial charge on any atom is 0.0976 e. The van der Waals surface area contributed by atoms with Crippen LogP contribution in [0.4, 0.5) is 4.39 Å². The number of hydrogen-bond donors (Lipinski definition) is 1. The molecule has 0 saturated carbocycles. The van der Waals surface area contributed by atoms with E-state index in [0.717, 1.165) is 17.9 Å². The van der Waals surface area contributed by atoms with Crippen LogP contribution in [0.25, 0.3) is 0 Å². The van der Waals surface area contributed by atoms with Gasteiger partial charge >= 0.3 is 0 Å². The first-order chi connectivity index (χ1) is 5.74. The van der Waals surface area contributed by atoms with Crippen LogP contribution in [0.1, 0.15) is 19.8 Å². The minimum atomic E-state index is -0.720. The van der Waals surface area contributed by atoms with Gasteiger partial charge < -0.3 is 5.11 Å². The summed E-state index contributed by atoms with van der Waals surface area (Å²) in [6, 6.07) is 0. The van der Waals surface area contributed by atoms with Crippen LogP contribution < -0.4 is 0 Å². The van der Waals surface area contributed by atoms with Crippen molar-refractivity contribution in [3.05, 3.63) is 0 Å². The first kappa shape index (κ1) is 10.3. The average Bonchev–Trinajstić information content (AvgIpc) is 2.04. The summed E-state index contributed by atoms with van der Waals surface area (Å²) in [5.41, 5.74) is 0. The molecule has 1 rings (SSSR count). The van der Waals surface area contributed by atoms with Crippen molar-refractivity contribution < 1.29 is 9.50 Å². The van der Waals surface area contributed by atoms with Gasteiger partial charge in [-0.2, -0.15) is 11.8 Å². The van der Waals surface area contributed by atoms with Gasteiger partial charge in [-0.1, -0.05) is 0 Å². The molecule has 0 radical (unpaired) electrons. The molecule has 12 heavy (non-hydrogen) atoms. The van der Waals surface area contributed by atoms with Gasteiger partial charge in [-0.3, -0.25) is 0 Å². The molecule has 0 amide bonds. The summed E-state index contributed by atoms with van der Waals surface area (Å²) in [4.78, 5) is 0. The number of thioether (sulfide) groups is 1. The van der Waals surface area contributed by atoms with E-state index in [-0.39, 0.29) is 6.61 Å². The van der Waals surface area contributed by atoms with Crippen molar-refractivity contribution >= 4 is 11.8 Å². The Kier molecular flexibility index (Phi) is 4.36. The van der Waals surface area contributed by atoms with Gasteiger partial charge in [-0.25, -0.2) is 4.39 Å². The number of hydrogen-bond acceptors (Lipinski definition) is 2. The highest BCUT2D eigenvalue weighted by atomic mass is 32.2. The van der Waals surface area contributed by atoms with Gasteiger partial charge in [0.25, 0.3) is 0 Å². The zero-order chi connectivity index (χ0) is 8.97. The van der Waals surface area contributed by atoms with E-state index >= 15 is 0 Å². The fourth-order valence-electron chi connectivity index (χ4n) is 1.76. The summed E-state index contributed by atoms with van der Waals surface area (Å²) in [5.74, 6) is 2.90. The van der Waals surface area contributed by atoms with Gasteiger partial charge in [0.2, 0.25) is 0 Å². The topological polar surface area (TPSA) is 20.2 Å². The first-order valence-corrected chi connectivity index (χ1v) is 5.72. The Bertz CT molecular complexity index is 130. The lowest BCUT2D eigenvalue weighted by Gasteiger charge is -2.30. The quantitative estimate of drug-likeness (QED) is 0.739. The second kappa shape index (κ2) is 5.07. The van der Waals surface area contributed by atoms with Crippen molar-refractivity contribution in [1.82, 2.24) is 0 Å². The van der Waals surface area contributed by atoms with Crippen LogP contribution in [0.5, 0.6) is 0 Å². The maximum absolute atomic E-state index is 12.7. The summed E-state index contributed by atoms with van der Waals surface area (Å²) in [5, 5.41) is 9.04. The summed E-state index contributed by atoms with van der Waals surface area (Å²) < 4.78 is 12.7. The molecule has 1 heterocycles. The molecule has 1 nitrogen and oxygen atoms in total. The van der Waals surface area contributed by atoms with E-state index < -0.39 is 6.17 Å². The molecular formula is C9H17FOS. The van der Waals surface area contributed by atoms with E-state index in [9.17, 15) is 4.39 Å². The average molecular weight is 192 g/mol. The highest BCUT2D eigenvalue weighted by molar-refractivity contribution is 7.99. The third kappa shape index (κ3) is 2.94. The molecule has 72 valence electrons. The zero-order valence-electron chi connectivity index (χ0n) is 7.50. The van der Waals surface area contributed by atoms with Crippen LogP contribution in [0, 0.1) is 11.8 Å². The fraction of sp³-hybridized carbons (Fsp3) is 1.00. The zero-order valence-corrected chi connectivity index (χ0v) is 8.32. The molecule has 0 aliphatic carbocycles. The van der Waals surface area contributed by atoms with Crippen molar-refractivity contribution in [2.45, 2.75) is 25.9 Å². The van der Waals surface area contributed by atoms with Crippen molar-refractivity contribution in [3.8, 4) is 0 Å². The van der Waals surface area contributed by atoms with Gasteiger partial charge in [0, 0.05) is 6.61 Å². The molecule has 1 fully saturated rings. The number of rotatable bonds is 3. The lowest BCUT2D eigenvalue weighted by Crippen LogP contribution is -2.27. The lowest BCUT2D eigenvalue weighted by atomic mass is 9.88. The normalized spacial score (nSPS) is 33.2. The van der Waals surface area contributed by atoms with Gasteiger partial charge in [0.1, 0.15) is 0 Å². The standard InChI is InChI=1S/C9H17FOS/c1-7(10)4-9-6-12-3-2-8(9)5-11/h7-9,11H,2-6H2,1H3. The number of halogens is 1. The van der Waals surface area contributed by atoms with Crippen molar-refractivity contribution in [2.24, 2.45) is 11.8 Å². The summed E-state index contributed by atoms with van der Waals surface area (Å²) >= 11 is 1.89. The van der Waals surface area contributed by atoms with Gasteiger partial charge in [0.05, 0.1) is 6.17 Å². The Morgan fingerprint density at radius 1 is 1.58 bits per heavy atom. The van der Waals surface area contributed by atoms with E-state index in [1.54, 1.807) is 6.92 Å². The van der Waals surface area contributed by atoms with Crippen LogP contribution in [0.15, 0.2) is 0 Å². The second-order valence-electron chi connectivity index (χ2n) is 3.58. The largest absolute Gasteiger partial charge is 0.396 e. The minimum absolute atomic E-state index is 0.234. The van der Waals surface area contributed by atoms with Crippen LogP contribution in [-0.4, -0.2) is 29.4 Å². The predicted molar refractivity (Wildman–Crippen MR) is 51.2 cm³/mol. The molecule has 0 aromatic heterocycles. The Balaban J connectivity index is 2.36. The van der Waals surface area contributed by atoms with Crippen molar-refractivity contribution in [2.75, 3.05) is 18.1 Å². The fourth-order valence-corrected chi connectivity index (χ4v) is 3.11. The second-order valence-corrected chi connectivity index (χ2v) is 4.73. The molecule has 1 N–H and O–H groups in total. The molecule has 1 aliphatic rings. The highest BCUT2D eigenvalue weighted by Crippen LogP contribution is 2.31.